The fraction of sp³-hybridized carbons (Fsp3) is 0.643. The Kier molecular flexibility index (Phi) is 13.8. The molecule has 0 spiro atoms. The number of carboxylic acids is 1. The van der Waals surface area contributed by atoms with E-state index in [4.69, 9.17) is 23.7 Å². The Hall–Kier alpha value is -3.34. The zero-order valence-electron chi connectivity index (χ0n) is 24.2. The molecule has 1 aromatic rings. The number of hydrogen-bond acceptors (Lipinski definition) is 10. The van der Waals surface area contributed by atoms with Gasteiger partial charge in [-0.25, -0.2) is 14.4 Å². The SMILES string of the molecule is CCC(C)N[C@@](Cc1ccc(OC(=O)OC(C)CC)c(OC(=O)OC(C)CC)c1)(OC(=O)C(C)CC)C(=O)O. The summed E-state index contributed by atoms with van der Waals surface area (Å²) in [6.45, 7) is 14.1. The van der Waals surface area contributed by atoms with Crippen molar-refractivity contribution in [2.45, 2.75) is 111 Å². The van der Waals surface area contributed by atoms with E-state index in [1.165, 1.54) is 18.2 Å². The lowest BCUT2D eigenvalue weighted by atomic mass is 9.99. The predicted molar refractivity (Wildman–Crippen MR) is 143 cm³/mol. The van der Waals surface area contributed by atoms with E-state index in [0.717, 1.165) is 0 Å². The minimum Gasteiger partial charge on any atom is -0.477 e. The molecule has 0 aliphatic heterocycles. The molecule has 0 saturated carbocycles. The number of nitrogens with one attached hydrogen (secondary N) is 1. The molecule has 5 atom stereocenters. The van der Waals surface area contributed by atoms with Gasteiger partial charge in [-0.05, 0) is 64.2 Å². The molecule has 220 valence electrons. The van der Waals surface area contributed by atoms with Gasteiger partial charge in [0.05, 0.1) is 5.92 Å². The van der Waals surface area contributed by atoms with Crippen molar-refractivity contribution in [2.75, 3.05) is 0 Å². The van der Waals surface area contributed by atoms with Crippen molar-refractivity contribution in [1.29, 1.82) is 0 Å². The maximum absolute atomic E-state index is 12.7. The number of esters is 1. The Labute approximate surface area is 230 Å². The molecular formula is C28H43NO10. The maximum atomic E-state index is 12.7. The van der Waals surface area contributed by atoms with E-state index in [1.807, 2.05) is 20.8 Å². The minimum absolute atomic E-state index is 0.138. The molecule has 0 fully saturated rings. The Morgan fingerprint density at radius 3 is 1.82 bits per heavy atom. The molecule has 1 aromatic carbocycles. The van der Waals surface area contributed by atoms with Gasteiger partial charge in [0, 0.05) is 12.5 Å². The molecule has 0 aliphatic carbocycles. The van der Waals surface area contributed by atoms with Crippen LogP contribution in [-0.2, 0) is 30.2 Å². The van der Waals surface area contributed by atoms with Crippen LogP contribution in [0.1, 0.15) is 86.6 Å². The highest BCUT2D eigenvalue weighted by atomic mass is 16.7. The summed E-state index contributed by atoms with van der Waals surface area (Å²) in [5, 5.41) is 13.2. The number of aliphatic carboxylic acids is 1. The summed E-state index contributed by atoms with van der Waals surface area (Å²) >= 11 is 0. The molecule has 11 nitrogen and oxygen atoms in total. The minimum atomic E-state index is -2.11. The van der Waals surface area contributed by atoms with Crippen molar-refractivity contribution in [3.8, 4) is 11.5 Å². The molecule has 39 heavy (non-hydrogen) atoms. The van der Waals surface area contributed by atoms with Crippen LogP contribution in [0.25, 0.3) is 0 Å². The first kappa shape index (κ1) is 33.7. The average molecular weight is 554 g/mol. The van der Waals surface area contributed by atoms with Gasteiger partial charge in [0.1, 0.15) is 12.2 Å². The van der Waals surface area contributed by atoms with Gasteiger partial charge >= 0.3 is 24.2 Å². The normalized spacial score (nSPS) is 15.6. The number of carboxylic acid groups (broad SMARTS) is 1. The van der Waals surface area contributed by atoms with Gasteiger partial charge in [0.2, 0.25) is 0 Å². The Balaban J connectivity index is 3.48. The number of carbonyl (C=O) groups excluding carboxylic acids is 3. The van der Waals surface area contributed by atoms with Gasteiger partial charge in [-0.1, -0.05) is 40.7 Å². The number of hydrogen-bond donors (Lipinski definition) is 2. The van der Waals surface area contributed by atoms with Gasteiger partial charge < -0.3 is 28.8 Å². The van der Waals surface area contributed by atoms with Crippen LogP contribution in [0.3, 0.4) is 0 Å². The van der Waals surface area contributed by atoms with E-state index in [-0.39, 0.29) is 24.0 Å². The van der Waals surface area contributed by atoms with Gasteiger partial charge in [-0.2, -0.15) is 0 Å². The van der Waals surface area contributed by atoms with E-state index in [0.29, 0.717) is 31.2 Å². The van der Waals surface area contributed by atoms with E-state index in [2.05, 4.69) is 5.32 Å². The summed E-state index contributed by atoms with van der Waals surface area (Å²) in [5.41, 5.74) is -1.79. The molecule has 0 aromatic heterocycles. The maximum Gasteiger partial charge on any atom is 0.514 e. The summed E-state index contributed by atoms with van der Waals surface area (Å²) in [6.07, 6.45) is -1.05. The lowest BCUT2D eigenvalue weighted by molar-refractivity contribution is -0.187. The third-order valence-corrected chi connectivity index (χ3v) is 6.32. The monoisotopic (exact) mass is 553 g/mol. The fourth-order valence-corrected chi connectivity index (χ4v) is 3.07. The topological polar surface area (TPSA) is 147 Å². The highest BCUT2D eigenvalue weighted by molar-refractivity contribution is 5.83. The van der Waals surface area contributed by atoms with Crippen molar-refractivity contribution in [2.24, 2.45) is 5.92 Å². The summed E-state index contributed by atoms with van der Waals surface area (Å²) in [7, 11) is 0. The Morgan fingerprint density at radius 1 is 0.821 bits per heavy atom. The van der Waals surface area contributed by atoms with Gasteiger partial charge in [0.25, 0.3) is 5.72 Å². The average Bonchev–Trinajstić information content (AvgIpc) is 2.88. The molecule has 0 saturated heterocycles. The van der Waals surface area contributed by atoms with Crippen LogP contribution >= 0.6 is 0 Å². The molecular weight excluding hydrogens is 510 g/mol. The standard InChI is InChI=1S/C28H43NO10/c1-9-17(5)24(30)39-28(25(31)32,29-18(6)10-2)16-21-13-14-22(37-26(33)35-19(7)11-3)23(15-21)38-27(34)36-20(8)12-4/h13-15,17-20,29H,9-12,16H2,1-8H3,(H,31,32)/t17?,18?,19?,20?,28-/m0/s1. The molecule has 0 aliphatic rings. The number of benzene rings is 1. The fourth-order valence-electron chi connectivity index (χ4n) is 3.07. The molecule has 0 bridgehead atoms. The van der Waals surface area contributed by atoms with E-state index in [1.54, 1.807) is 34.6 Å². The summed E-state index contributed by atoms with van der Waals surface area (Å²) in [5.74, 6) is -2.92. The smallest absolute Gasteiger partial charge is 0.477 e. The zero-order valence-corrected chi connectivity index (χ0v) is 24.2. The second-order valence-corrected chi connectivity index (χ2v) is 9.65. The van der Waals surface area contributed by atoms with E-state index < -0.39 is 48.1 Å². The quantitative estimate of drug-likeness (QED) is 0.121. The summed E-state index contributed by atoms with van der Waals surface area (Å²) in [4.78, 5) is 49.9. The van der Waals surface area contributed by atoms with Gasteiger partial charge in [-0.15, -0.1) is 0 Å². The van der Waals surface area contributed by atoms with Crippen LogP contribution in [0.4, 0.5) is 9.59 Å². The Morgan fingerprint density at radius 2 is 1.36 bits per heavy atom. The lowest BCUT2D eigenvalue weighted by Gasteiger charge is -2.34. The van der Waals surface area contributed by atoms with E-state index in [9.17, 15) is 24.3 Å². The number of rotatable bonds is 15. The van der Waals surface area contributed by atoms with Crippen LogP contribution < -0.4 is 14.8 Å². The van der Waals surface area contributed by atoms with Crippen molar-refractivity contribution >= 4 is 24.2 Å². The predicted octanol–water partition coefficient (Wildman–Crippen LogP) is 5.62. The first-order chi connectivity index (χ1) is 18.3. The first-order valence-corrected chi connectivity index (χ1v) is 13.4. The lowest BCUT2D eigenvalue weighted by Crippen LogP contribution is -2.60. The van der Waals surface area contributed by atoms with Gasteiger partial charge in [-0.3, -0.25) is 10.1 Å². The third kappa shape index (κ3) is 10.7. The first-order valence-electron chi connectivity index (χ1n) is 13.4. The van der Waals surface area contributed by atoms with Crippen LogP contribution in [0, 0.1) is 5.92 Å². The van der Waals surface area contributed by atoms with Crippen LogP contribution in [0.5, 0.6) is 11.5 Å². The van der Waals surface area contributed by atoms with E-state index >= 15 is 0 Å². The Bertz CT molecular complexity index is 981. The summed E-state index contributed by atoms with van der Waals surface area (Å²) in [6, 6.07) is 3.83. The van der Waals surface area contributed by atoms with Crippen molar-refractivity contribution < 1.29 is 48.0 Å². The zero-order chi connectivity index (χ0) is 29.8. The second kappa shape index (κ2) is 15.9. The number of ether oxygens (including phenoxy) is 5. The highest BCUT2D eigenvalue weighted by Crippen LogP contribution is 2.32. The highest BCUT2D eigenvalue weighted by Gasteiger charge is 2.44. The van der Waals surface area contributed by atoms with Crippen molar-refractivity contribution in [3.63, 3.8) is 0 Å². The summed E-state index contributed by atoms with van der Waals surface area (Å²) < 4.78 is 26.5. The van der Waals surface area contributed by atoms with Crippen LogP contribution in [0.2, 0.25) is 0 Å². The largest absolute Gasteiger partial charge is 0.514 e. The van der Waals surface area contributed by atoms with Crippen molar-refractivity contribution in [1.82, 2.24) is 5.32 Å². The molecule has 2 N–H and O–H groups in total. The molecule has 0 heterocycles. The number of carbonyl (C=O) groups is 4. The molecule has 11 heteroatoms. The molecule has 1 rings (SSSR count). The van der Waals surface area contributed by atoms with Crippen LogP contribution in [-0.4, -0.2) is 53.3 Å². The van der Waals surface area contributed by atoms with Crippen LogP contribution in [0.15, 0.2) is 18.2 Å². The van der Waals surface area contributed by atoms with Gasteiger partial charge in [0.15, 0.2) is 11.5 Å². The third-order valence-electron chi connectivity index (χ3n) is 6.32. The molecule has 0 amide bonds. The van der Waals surface area contributed by atoms with Crippen molar-refractivity contribution in [3.05, 3.63) is 23.8 Å². The molecule has 4 unspecified atom stereocenters. The second-order valence-electron chi connectivity index (χ2n) is 9.65. The molecule has 0 radical (unpaired) electrons.